The Morgan fingerprint density at radius 2 is 1.96 bits per heavy atom. The normalized spacial score (nSPS) is 10.8. The quantitative estimate of drug-likeness (QED) is 0.588. The minimum absolute atomic E-state index is 0.233. The molecular weight excluding hydrogens is 347 g/mol. The number of amides is 1. The molecule has 7 heteroatoms. The van der Waals surface area contributed by atoms with E-state index in [2.05, 4.69) is 15.5 Å². The monoisotopic (exact) mass is 370 g/mol. The number of H-pyrrole nitrogens is 1. The largest absolute Gasteiger partial charge is 0.494 e. The highest BCUT2D eigenvalue weighted by atomic mass is 19.1. The first kappa shape index (κ1) is 18.7. The highest BCUT2D eigenvalue weighted by Crippen LogP contribution is 2.26. The number of ether oxygens (including phenoxy) is 1. The summed E-state index contributed by atoms with van der Waals surface area (Å²) in [7, 11) is 3.89. The van der Waals surface area contributed by atoms with Crippen molar-refractivity contribution < 1.29 is 13.9 Å². The zero-order chi connectivity index (χ0) is 19.2. The summed E-state index contributed by atoms with van der Waals surface area (Å²) in [4.78, 5) is 14.5. The molecule has 3 aromatic rings. The van der Waals surface area contributed by atoms with E-state index in [1.54, 1.807) is 12.1 Å². The highest BCUT2D eigenvalue weighted by Gasteiger charge is 2.12. The van der Waals surface area contributed by atoms with E-state index in [9.17, 15) is 9.18 Å². The SMILES string of the molecule is CN(C)c1ccc(C(=O)Nc2n[nH]c3ccc(OCCCCF)cc23)cc1. The lowest BCUT2D eigenvalue weighted by molar-refractivity contribution is 0.102. The molecule has 0 fully saturated rings. The van der Waals surface area contributed by atoms with Gasteiger partial charge in [-0.3, -0.25) is 14.3 Å². The van der Waals surface area contributed by atoms with Crippen molar-refractivity contribution in [3.63, 3.8) is 0 Å². The Morgan fingerprint density at radius 1 is 1.19 bits per heavy atom. The number of fused-ring (bicyclic) bond motifs is 1. The van der Waals surface area contributed by atoms with Crippen molar-refractivity contribution >= 4 is 28.3 Å². The van der Waals surface area contributed by atoms with Crippen LogP contribution in [0.3, 0.4) is 0 Å². The Hall–Kier alpha value is -3.09. The third kappa shape index (κ3) is 4.55. The maximum Gasteiger partial charge on any atom is 0.256 e. The van der Waals surface area contributed by atoms with E-state index in [0.717, 1.165) is 16.6 Å². The number of halogens is 1. The second kappa shape index (κ2) is 8.53. The molecule has 3 rings (SSSR count). The number of carbonyl (C=O) groups excluding carboxylic acids is 1. The van der Waals surface area contributed by atoms with Crippen molar-refractivity contribution in [1.82, 2.24) is 10.2 Å². The number of alkyl halides is 1. The third-order valence-corrected chi connectivity index (χ3v) is 4.21. The fourth-order valence-electron chi connectivity index (χ4n) is 2.66. The number of nitrogens with zero attached hydrogens (tertiary/aromatic N) is 2. The standard InChI is InChI=1S/C20H23FN4O2/c1-25(2)15-7-5-14(6-8-15)20(26)22-19-17-13-16(27-12-4-3-11-21)9-10-18(17)23-24-19/h5-10,13H,3-4,11-12H2,1-2H3,(H2,22,23,24,26). The molecular formula is C20H23FN4O2. The van der Waals surface area contributed by atoms with Crippen molar-refractivity contribution in [1.29, 1.82) is 0 Å². The second-order valence-electron chi connectivity index (χ2n) is 6.42. The van der Waals surface area contributed by atoms with Crippen molar-refractivity contribution in [3.8, 4) is 5.75 Å². The zero-order valence-corrected chi connectivity index (χ0v) is 15.5. The Kier molecular flexibility index (Phi) is 5.90. The third-order valence-electron chi connectivity index (χ3n) is 4.21. The van der Waals surface area contributed by atoms with Crippen LogP contribution < -0.4 is 15.0 Å². The van der Waals surface area contributed by atoms with Gasteiger partial charge in [0.15, 0.2) is 5.82 Å². The van der Waals surface area contributed by atoms with Gasteiger partial charge in [-0.25, -0.2) is 0 Å². The topological polar surface area (TPSA) is 70.2 Å². The van der Waals surface area contributed by atoms with Gasteiger partial charge in [0.1, 0.15) is 5.75 Å². The number of hydrogen-bond donors (Lipinski definition) is 2. The zero-order valence-electron chi connectivity index (χ0n) is 15.5. The van der Waals surface area contributed by atoms with Crippen LogP contribution in [0, 0.1) is 0 Å². The molecule has 0 saturated heterocycles. The summed E-state index contributed by atoms with van der Waals surface area (Å²) in [5.41, 5.74) is 2.37. The molecule has 1 heterocycles. The molecule has 1 aromatic heterocycles. The summed E-state index contributed by atoms with van der Waals surface area (Å²) in [6.45, 7) is 0.114. The molecule has 0 radical (unpaired) electrons. The van der Waals surface area contributed by atoms with Crippen LogP contribution in [0.5, 0.6) is 5.75 Å². The number of nitrogens with one attached hydrogen (secondary N) is 2. The van der Waals surface area contributed by atoms with Crippen LogP contribution >= 0.6 is 0 Å². The lowest BCUT2D eigenvalue weighted by Crippen LogP contribution is -2.13. The van der Waals surface area contributed by atoms with Gasteiger partial charge in [0.2, 0.25) is 0 Å². The molecule has 0 bridgehead atoms. The Morgan fingerprint density at radius 3 is 2.67 bits per heavy atom. The first-order chi connectivity index (χ1) is 13.1. The Bertz CT molecular complexity index is 906. The van der Waals surface area contributed by atoms with Crippen molar-refractivity contribution in [2.75, 3.05) is 37.6 Å². The molecule has 2 N–H and O–H groups in total. The molecule has 27 heavy (non-hydrogen) atoms. The van der Waals surface area contributed by atoms with Gasteiger partial charge in [-0.05, 0) is 55.3 Å². The predicted octanol–water partition coefficient (Wildman–Crippen LogP) is 4.01. The number of anilines is 2. The molecule has 0 spiro atoms. The number of hydrogen-bond acceptors (Lipinski definition) is 4. The van der Waals surface area contributed by atoms with Gasteiger partial charge in [-0.15, -0.1) is 0 Å². The van der Waals surface area contributed by atoms with Crippen LogP contribution in [0.4, 0.5) is 15.9 Å². The summed E-state index contributed by atoms with van der Waals surface area (Å²) in [5, 5.41) is 10.7. The second-order valence-corrected chi connectivity index (χ2v) is 6.42. The number of aromatic amines is 1. The van der Waals surface area contributed by atoms with E-state index in [0.29, 0.717) is 36.6 Å². The van der Waals surface area contributed by atoms with Gasteiger partial charge in [-0.1, -0.05) is 0 Å². The fraction of sp³-hybridized carbons (Fsp3) is 0.300. The summed E-state index contributed by atoms with van der Waals surface area (Å²) < 4.78 is 17.8. The van der Waals surface area contributed by atoms with E-state index in [1.807, 2.05) is 49.3 Å². The summed E-state index contributed by atoms with van der Waals surface area (Å²) in [6, 6.07) is 12.8. The van der Waals surface area contributed by atoms with Crippen LogP contribution in [-0.4, -0.2) is 43.5 Å². The van der Waals surface area contributed by atoms with Gasteiger partial charge in [0, 0.05) is 30.7 Å². The summed E-state index contributed by atoms with van der Waals surface area (Å²) in [6.07, 6.45) is 1.15. The fourth-order valence-corrected chi connectivity index (χ4v) is 2.66. The minimum atomic E-state index is -0.337. The van der Waals surface area contributed by atoms with E-state index >= 15 is 0 Å². The molecule has 1 amide bonds. The number of unbranched alkanes of at least 4 members (excludes halogenated alkanes) is 1. The molecule has 6 nitrogen and oxygen atoms in total. The molecule has 2 aromatic carbocycles. The first-order valence-electron chi connectivity index (χ1n) is 8.84. The first-order valence-corrected chi connectivity index (χ1v) is 8.84. The van der Waals surface area contributed by atoms with Gasteiger partial charge in [-0.2, -0.15) is 5.10 Å². The van der Waals surface area contributed by atoms with Crippen molar-refractivity contribution in [2.45, 2.75) is 12.8 Å². The molecule has 0 unspecified atom stereocenters. The Balaban J connectivity index is 1.72. The van der Waals surface area contributed by atoms with Gasteiger partial charge in [0.05, 0.1) is 18.8 Å². The molecule has 0 aliphatic carbocycles. The van der Waals surface area contributed by atoms with E-state index in [-0.39, 0.29) is 12.6 Å². The van der Waals surface area contributed by atoms with Crippen LogP contribution in [-0.2, 0) is 0 Å². The molecule has 0 saturated carbocycles. The van der Waals surface area contributed by atoms with Crippen LogP contribution in [0.25, 0.3) is 10.9 Å². The molecule has 0 aliphatic heterocycles. The van der Waals surface area contributed by atoms with Crippen LogP contribution in [0.2, 0.25) is 0 Å². The average molecular weight is 370 g/mol. The summed E-state index contributed by atoms with van der Waals surface area (Å²) >= 11 is 0. The Labute approximate surface area is 157 Å². The van der Waals surface area contributed by atoms with Crippen molar-refractivity contribution in [3.05, 3.63) is 48.0 Å². The van der Waals surface area contributed by atoms with Crippen molar-refractivity contribution in [2.24, 2.45) is 0 Å². The maximum absolute atomic E-state index is 12.5. The van der Waals surface area contributed by atoms with Gasteiger partial charge in [0.25, 0.3) is 5.91 Å². The lowest BCUT2D eigenvalue weighted by atomic mass is 10.2. The minimum Gasteiger partial charge on any atom is -0.494 e. The van der Waals surface area contributed by atoms with E-state index in [4.69, 9.17) is 4.74 Å². The molecule has 0 atom stereocenters. The van der Waals surface area contributed by atoms with E-state index < -0.39 is 0 Å². The van der Waals surface area contributed by atoms with Gasteiger partial charge >= 0.3 is 0 Å². The number of carbonyl (C=O) groups is 1. The maximum atomic E-state index is 12.5. The lowest BCUT2D eigenvalue weighted by Gasteiger charge is -2.12. The number of benzene rings is 2. The average Bonchev–Trinajstić information content (AvgIpc) is 3.07. The molecule has 0 aliphatic rings. The van der Waals surface area contributed by atoms with E-state index in [1.165, 1.54) is 0 Å². The van der Waals surface area contributed by atoms with Crippen LogP contribution in [0.15, 0.2) is 42.5 Å². The smallest absolute Gasteiger partial charge is 0.256 e. The predicted molar refractivity (Wildman–Crippen MR) is 106 cm³/mol. The molecule has 142 valence electrons. The highest BCUT2D eigenvalue weighted by molar-refractivity contribution is 6.08. The summed E-state index contributed by atoms with van der Waals surface area (Å²) in [5.74, 6) is 0.873. The number of aromatic nitrogens is 2. The van der Waals surface area contributed by atoms with Crippen LogP contribution in [0.1, 0.15) is 23.2 Å². The number of rotatable bonds is 8. The van der Waals surface area contributed by atoms with Gasteiger partial charge < -0.3 is 15.0 Å².